The van der Waals surface area contributed by atoms with Gasteiger partial charge in [0.15, 0.2) is 0 Å². The van der Waals surface area contributed by atoms with E-state index in [1.807, 2.05) is 0 Å². The average molecular weight is 614 g/mol. The zero-order valence-corrected chi connectivity index (χ0v) is 27.2. The largest absolute Gasteiger partial charge is 0.310 e. The lowest BCUT2D eigenvalue weighted by molar-refractivity contribution is 0.660. The Labute approximate surface area is 282 Å². The zero-order valence-electron chi connectivity index (χ0n) is 27.2. The molecule has 0 heterocycles. The predicted molar refractivity (Wildman–Crippen MR) is 205 cm³/mol. The van der Waals surface area contributed by atoms with E-state index in [9.17, 15) is 0 Å². The van der Waals surface area contributed by atoms with E-state index in [2.05, 4.69) is 195 Å². The fraction of sp³-hybridized carbons (Fsp3) is 0.0638. The molecule has 0 aliphatic heterocycles. The lowest BCUT2D eigenvalue weighted by atomic mass is 9.82. The molecule has 1 aliphatic rings. The van der Waals surface area contributed by atoms with Crippen LogP contribution < -0.4 is 4.90 Å². The normalized spacial score (nSPS) is 13.0. The monoisotopic (exact) mass is 613 g/mol. The van der Waals surface area contributed by atoms with Gasteiger partial charge >= 0.3 is 0 Å². The summed E-state index contributed by atoms with van der Waals surface area (Å²) in [6.45, 7) is 4.70. The van der Waals surface area contributed by atoms with Gasteiger partial charge in [-0.3, -0.25) is 0 Å². The lowest BCUT2D eigenvalue weighted by Crippen LogP contribution is -2.16. The molecule has 48 heavy (non-hydrogen) atoms. The Morgan fingerprint density at radius 3 is 1.73 bits per heavy atom. The molecule has 0 radical (unpaired) electrons. The quantitative estimate of drug-likeness (QED) is 0.175. The van der Waals surface area contributed by atoms with Gasteiger partial charge in [-0.05, 0) is 102 Å². The molecule has 0 bridgehead atoms. The first kappa shape index (κ1) is 28.3. The Kier molecular flexibility index (Phi) is 6.55. The van der Waals surface area contributed by atoms with Gasteiger partial charge in [0, 0.05) is 22.5 Å². The molecule has 1 heteroatoms. The number of benzene rings is 8. The van der Waals surface area contributed by atoms with Gasteiger partial charge in [0.05, 0.1) is 0 Å². The highest BCUT2D eigenvalue weighted by atomic mass is 15.1. The van der Waals surface area contributed by atoms with Gasteiger partial charge in [-0.2, -0.15) is 0 Å². The Hall–Kier alpha value is -5.92. The molecule has 0 amide bonds. The number of anilines is 3. The summed E-state index contributed by atoms with van der Waals surface area (Å²) in [5.74, 6) is 0. The van der Waals surface area contributed by atoms with Gasteiger partial charge in [-0.25, -0.2) is 0 Å². The van der Waals surface area contributed by atoms with Crippen LogP contribution in [-0.2, 0) is 5.41 Å². The summed E-state index contributed by atoms with van der Waals surface area (Å²) in [5, 5.41) is 5.13. The van der Waals surface area contributed by atoms with Crippen LogP contribution in [0.1, 0.15) is 25.0 Å². The third-order valence-electron chi connectivity index (χ3n) is 10.3. The standard InChI is InChI=1S/C47H35N/c1-47(2)45-18-9-8-15-43(45)44-30-28-38(31-46(44)47)48(36-24-19-33(20-25-36)32-11-4-3-5-12-32)37-26-21-35(22-27-37)40-16-10-17-41-39-14-7-6-13-34(39)23-29-42(40)41/h3-31H,1-2H3. The van der Waals surface area contributed by atoms with Gasteiger partial charge in [0.1, 0.15) is 0 Å². The molecular weight excluding hydrogens is 579 g/mol. The van der Waals surface area contributed by atoms with Crippen LogP contribution in [0.2, 0.25) is 0 Å². The Bertz CT molecular complexity index is 2450. The van der Waals surface area contributed by atoms with Gasteiger partial charge in [0.2, 0.25) is 0 Å². The Morgan fingerprint density at radius 1 is 0.354 bits per heavy atom. The lowest BCUT2D eigenvalue weighted by Gasteiger charge is -2.28. The molecule has 9 rings (SSSR count). The molecule has 0 N–H and O–H groups in total. The minimum Gasteiger partial charge on any atom is -0.310 e. The van der Waals surface area contributed by atoms with Crippen LogP contribution in [0.3, 0.4) is 0 Å². The number of nitrogens with zero attached hydrogens (tertiary/aromatic N) is 1. The minimum atomic E-state index is -0.0762. The van der Waals surface area contributed by atoms with Crippen molar-refractivity contribution in [1.82, 2.24) is 0 Å². The van der Waals surface area contributed by atoms with E-state index in [0.717, 1.165) is 17.1 Å². The Balaban J connectivity index is 1.16. The molecular formula is C47H35N. The van der Waals surface area contributed by atoms with Crippen LogP contribution in [0.15, 0.2) is 176 Å². The number of hydrogen-bond acceptors (Lipinski definition) is 1. The van der Waals surface area contributed by atoms with Crippen LogP contribution in [0.25, 0.3) is 54.9 Å². The van der Waals surface area contributed by atoms with E-state index < -0.39 is 0 Å². The zero-order chi connectivity index (χ0) is 32.2. The van der Waals surface area contributed by atoms with Crippen molar-refractivity contribution in [1.29, 1.82) is 0 Å². The van der Waals surface area contributed by atoms with E-state index >= 15 is 0 Å². The smallest absolute Gasteiger partial charge is 0.0465 e. The summed E-state index contributed by atoms with van der Waals surface area (Å²) in [6, 6.07) is 64.4. The van der Waals surface area contributed by atoms with E-state index in [0.29, 0.717) is 0 Å². The van der Waals surface area contributed by atoms with Crippen molar-refractivity contribution < 1.29 is 0 Å². The van der Waals surface area contributed by atoms with Gasteiger partial charge in [-0.1, -0.05) is 153 Å². The molecule has 1 aliphatic carbocycles. The number of fused-ring (bicyclic) bond motifs is 6. The van der Waals surface area contributed by atoms with E-state index in [1.54, 1.807) is 0 Å². The average Bonchev–Trinajstić information content (AvgIpc) is 3.38. The molecule has 0 fully saturated rings. The second-order valence-electron chi connectivity index (χ2n) is 13.4. The third kappa shape index (κ3) is 4.54. The first-order chi connectivity index (χ1) is 23.6. The molecule has 8 aromatic rings. The molecule has 0 saturated heterocycles. The van der Waals surface area contributed by atoms with Crippen LogP contribution in [-0.4, -0.2) is 0 Å². The van der Waals surface area contributed by atoms with Crippen LogP contribution in [0.5, 0.6) is 0 Å². The maximum absolute atomic E-state index is 2.41. The summed E-state index contributed by atoms with van der Waals surface area (Å²) in [6.07, 6.45) is 0. The fourth-order valence-electron chi connectivity index (χ4n) is 7.79. The van der Waals surface area contributed by atoms with Crippen molar-refractivity contribution in [3.05, 3.63) is 187 Å². The van der Waals surface area contributed by atoms with Crippen molar-refractivity contribution >= 4 is 38.6 Å². The number of rotatable bonds is 5. The molecule has 8 aromatic carbocycles. The summed E-state index contributed by atoms with van der Waals surface area (Å²) in [4.78, 5) is 2.40. The van der Waals surface area contributed by atoms with Crippen LogP contribution in [0.4, 0.5) is 17.1 Å². The van der Waals surface area contributed by atoms with Crippen molar-refractivity contribution in [3.8, 4) is 33.4 Å². The minimum absolute atomic E-state index is 0.0762. The van der Waals surface area contributed by atoms with Crippen molar-refractivity contribution in [2.45, 2.75) is 19.3 Å². The van der Waals surface area contributed by atoms with E-state index in [4.69, 9.17) is 0 Å². The summed E-state index contributed by atoms with van der Waals surface area (Å²) >= 11 is 0. The highest BCUT2D eigenvalue weighted by Crippen LogP contribution is 2.50. The molecule has 228 valence electrons. The molecule has 0 aromatic heterocycles. The molecule has 0 saturated carbocycles. The van der Waals surface area contributed by atoms with Crippen LogP contribution >= 0.6 is 0 Å². The van der Waals surface area contributed by atoms with Crippen molar-refractivity contribution in [2.24, 2.45) is 0 Å². The second kappa shape index (κ2) is 11.1. The topological polar surface area (TPSA) is 3.24 Å². The fourth-order valence-corrected chi connectivity index (χ4v) is 7.79. The highest BCUT2D eigenvalue weighted by molar-refractivity contribution is 6.12. The summed E-state index contributed by atoms with van der Waals surface area (Å²) in [5.41, 5.74) is 13.7. The molecule has 0 spiro atoms. The summed E-state index contributed by atoms with van der Waals surface area (Å²) in [7, 11) is 0. The van der Waals surface area contributed by atoms with E-state index in [1.165, 1.54) is 66.1 Å². The van der Waals surface area contributed by atoms with Crippen LogP contribution in [0, 0.1) is 0 Å². The highest BCUT2D eigenvalue weighted by Gasteiger charge is 2.35. The summed E-state index contributed by atoms with van der Waals surface area (Å²) < 4.78 is 0. The van der Waals surface area contributed by atoms with Gasteiger partial charge < -0.3 is 4.90 Å². The van der Waals surface area contributed by atoms with Crippen molar-refractivity contribution in [2.75, 3.05) is 4.90 Å². The third-order valence-corrected chi connectivity index (χ3v) is 10.3. The van der Waals surface area contributed by atoms with E-state index in [-0.39, 0.29) is 5.41 Å². The Morgan fingerprint density at radius 2 is 0.938 bits per heavy atom. The molecule has 1 nitrogen and oxygen atoms in total. The maximum atomic E-state index is 2.41. The molecule has 0 unspecified atom stereocenters. The second-order valence-corrected chi connectivity index (χ2v) is 13.4. The first-order valence-corrected chi connectivity index (χ1v) is 16.8. The molecule has 0 atom stereocenters. The van der Waals surface area contributed by atoms with Gasteiger partial charge in [-0.15, -0.1) is 0 Å². The van der Waals surface area contributed by atoms with Gasteiger partial charge in [0.25, 0.3) is 0 Å². The first-order valence-electron chi connectivity index (χ1n) is 16.8. The SMILES string of the molecule is CC1(C)c2ccccc2-c2ccc(N(c3ccc(-c4ccccc4)cc3)c3ccc(-c4cccc5c4ccc4ccccc45)cc3)cc21. The van der Waals surface area contributed by atoms with Crippen molar-refractivity contribution in [3.63, 3.8) is 0 Å². The maximum Gasteiger partial charge on any atom is 0.0465 e. The predicted octanol–water partition coefficient (Wildman–Crippen LogP) is 13.1. The number of hydrogen-bond donors (Lipinski definition) is 0.